The zero-order valence-corrected chi connectivity index (χ0v) is 42.1. The highest BCUT2D eigenvalue weighted by molar-refractivity contribution is 5.71. The summed E-state index contributed by atoms with van der Waals surface area (Å²) in [4.78, 5) is 38.0. The van der Waals surface area contributed by atoms with Gasteiger partial charge in [-0.2, -0.15) is 0 Å². The van der Waals surface area contributed by atoms with E-state index < -0.39 is 6.10 Å². The van der Waals surface area contributed by atoms with Crippen LogP contribution < -0.4 is 0 Å². The Morgan fingerprint density at radius 1 is 0.317 bits per heavy atom. The summed E-state index contributed by atoms with van der Waals surface area (Å²) < 4.78 is 16.8. The predicted molar refractivity (Wildman–Crippen MR) is 270 cm³/mol. The van der Waals surface area contributed by atoms with E-state index in [0.29, 0.717) is 19.3 Å². The molecule has 0 fully saturated rings. The van der Waals surface area contributed by atoms with Crippen LogP contribution in [0.25, 0.3) is 0 Å². The predicted octanol–water partition coefficient (Wildman–Crippen LogP) is 18.1. The molecule has 0 aliphatic carbocycles. The van der Waals surface area contributed by atoms with Gasteiger partial charge in [0.25, 0.3) is 0 Å². The first-order valence-corrected chi connectivity index (χ1v) is 27.5. The molecule has 0 radical (unpaired) electrons. The van der Waals surface area contributed by atoms with Gasteiger partial charge in [0.15, 0.2) is 6.10 Å². The van der Waals surface area contributed by atoms with Crippen molar-refractivity contribution in [3.63, 3.8) is 0 Å². The van der Waals surface area contributed by atoms with Gasteiger partial charge in [-0.15, -0.1) is 0 Å². The van der Waals surface area contributed by atoms with Crippen molar-refractivity contribution in [1.82, 2.24) is 0 Å². The maximum atomic E-state index is 12.8. The van der Waals surface area contributed by atoms with Crippen LogP contribution in [0.3, 0.4) is 0 Å². The quantitative estimate of drug-likeness (QED) is 0.0199. The van der Waals surface area contributed by atoms with Gasteiger partial charge in [-0.1, -0.05) is 243 Å². The lowest BCUT2D eigenvalue weighted by Gasteiger charge is -2.18. The molecule has 0 bridgehead atoms. The second kappa shape index (κ2) is 52.3. The van der Waals surface area contributed by atoms with Crippen LogP contribution in [0, 0.1) is 0 Å². The SMILES string of the molecule is CCCC/C=C\C=C/CCCCCC(=O)OCC(COC(=O)CCCCCCC/C=C\CCCCCCCCCCC)OC(=O)CCCCCCCCCCCCCCCCCC. The van der Waals surface area contributed by atoms with Gasteiger partial charge in [0.1, 0.15) is 13.2 Å². The van der Waals surface area contributed by atoms with Crippen LogP contribution in [-0.4, -0.2) is 37.2 Å². The van der Waals surface area contributed by atoms with E-state index in [4.69, 9.17) is 14.2 Å². The molecule has 0 saturated carbocycles. The van der Waals surface area contributed by atoms with Crippen molar-refractivity contribution < 1.29 is 28.6 Å². The van der Waals surface area contributed by atoms with Gasteiger partial charge in [-0.05, 0) is 64.2 Å². The number of hydrogen-bond donors (Lipinski definition) is 0. The van der Waals surface area contributed by atoms with Gasteiger partial charge in [-0.25, -0.2) is 0 Å². The first kappa shape index (κ1) is 60.6. The van der Waals surface area contributed by atoms with Crippen molar-refractivity contribution >= 4 is 17.9 Å². The van der Waals surface area contributed by atoms with Crippen LogP contribution in [0.5, 0.6) is 0 Å². The Bertz CT molecular complexity index is 1060. The van der Waals surface area contributed by atoms with E-state index in [-0.39, 0.29) is 31.1 Å². The highest BCUT2D eigenvalue weighted by Gasteiger charge is 2.19. The molecule has 0 rings (SSSR count). The normalized spacial score (nSPS) is 12.2. The smallest absolute Gasteiger partial charge is 0.306 e. The zero-order valence-electron chi connectivity index (χ0n) is 42.1. The second-order valence-corrected chi connectivity index (χ2v) is 18.5. The van der Waals surface area contributed by atoms with Crippen LogP contribution in [-0.2, 0) is 28.6 Å². The van der Waals surface area contributed by atoms with E-state index in [1.807, 2.05) is 0 Å². The third-order valence-corrected chi connectivity index (χ3v) is 12.1. The molecule has 0 aromatic rings. The van der Waals surface area contributed by atoms with E-state index in [1.54, 1.807) is 0 Å². The van der Waals surface area contributed by atoms with E-state index in [2.05, 4.69) is 57.2 Å². The Labute approximate surface area is 391 Å². The summed E-state index contributed by atoms with van der Waals surface area (Å²) in [6, 6.07) is 0. The monoisotopic (exact) mass is 885 g/mol. The van der Waals surface area contributed by atoms with Gasteiger partial charge in [-0.3, -0.25) is 14.4 Å². The highest BCUT2D eigenvalue weighted by atomic mass is 16.6. The van der Waals surface area contributed by atoms with Gasteiger partial charge >= 0.3 is 17.9 Å². The molecule has 0 aromatic carbocycles. The van der Waals surface area contributed by atoms with Crippen LogP contribution in [0.15, 0.2) is 36.5 Å². The standard InChI is InChI=1S/C57H104O6/c1-4-7-10-13-16-19-22-24-26-28-29-31-32-35-38-41-44-47-50-56(59)62-53-54(52-61-55(58)49-46-43-40-37-34-21-18-15-12-9-6-3)63-57(60)51-48-45-42-39-36-33-30-27-25-23-20-17-14-11-8-5-2/h15,18,21,29,31,34,54H,4-14,16-17,19-20,22-28,30,32-33,35-53H2,1-3H3/b18-15-,31-29-,34-21-. The van der Waals surface area contributed by atoms with E-state index in [9.17, 15) is 14.4 Å². The third-order valence-electron chi connectivity index (χ3n) is 12.1. The van der Waals surface area contributed by atoms with Crippen molar-refractivity contribution in [2.75, 3.05) is 13.2 Å². The molecule has 63 heavy (non-hydrogen) atoms. The van der Waals surface area contributed by atoms with Crippen molar-refractivity contribution in [3.05, 3.63) is 36.5 Å². The van der Waals surface area contributed by atoms with Crippen LogP contribution >= 0.6 is 0 Å². The summed E-state index contributed by atoms with van der Waals surface area (Å²) in [7, 11) is 0. The van der Waals surface area contributed by atoms with E-state index in [0.717, 1.165) is 77.0 Å². The third kappa shape index (κ3) is 50.5. The number of carbonyl (C=O) groups is 3. The molecule has 1 unspecified atom stereocenters. The van der Waals surface area contributed by atoms with Gasteiger partial charge in [0.2, 0.25) is 0 Å². The Kier molecular flexibility index (Phi) is 50.3. The minimum absolute atomic E-state index is 0.0819. The largest absolute Gasteiger partial charge is 0.462 e. The Hall–Kier alpha value is -2.37. The summed E-state index contributed by atoms with van der Waals surface area (Å²) in [5, 5.41) is 0. The number of ether oxygens (including phenoxy) is 3. The number of hydrogen-bond acceptors (Lipinski definition) is 6. The van der Waals surface area contributed by atoms with Gasteiger partial charge in [0, 0.05) is 19.3 Å². The first-order valence-electron chi connectivity index (χ1n) is 27.5. The summed E-state index contributed by atoms with van der Waals surface area (Å²) in [5.41, 5.74) is 0. The summed E-state index contributed by atoms with van der Waals surface area (Å²) in [6.07, 6.45) is 61.4. The zero-order chi connectivity index (χ0) is 45.8. The minimum Gasteiger partial charge on any atom is -0.462 e. The van der Waals surface area contributed by atoms with Crippen molar-refractivity contribution in [2.24, 2.45) is 0 Å². The van der Waals surface area contributed by atoms with Crippen molar-refractivity contribution in [3.8, 4) is 0 Å². The summed E-state index contributed by atoms with van der Waals surface area (Å²) in [6.45, 7) is 6.59. The molecule has 6 heteroatoms. The molecule has 0 N–H and O–H groups in total. The second-order valence-electron chi connectivity index (χ2n) is 18.5. The number of allylic oxidation sites excluding steroid dienone is 6. The van der Waals surface area contributed by atoms with Crippen molar-refractivity contribution in [2.45, 2.75) is 297 Å². The Morgan fingerprint density at radius 2 is 0.587 bits per heavy atom. The van der Waals surface area contributed by atoms with Crippen molar-refractivity contribution in [1.29, 1.82) is 0 Å². The van der Waals surface area contributed by atoms with Crippen LogP contribution in [0.2, 0.25) is 0 Å². The molecule has 1 atom stereocenters. The number of rotatable bonds is 50. The minimum atomic E-state index is -0.782. The Balaban J connectivity index is 4.34. The number of esters is 3. The highest BCUT2D eigenvalue weighted by Crippen LogP contribution is 2.16. The molecular formula is C57H104O6. The molecule has 368 valence electrons. The van der Waals surface area contributed by atoms with E-state index in [1.165, 1.54) is 173 Å². The first-order chi connectivity index (χ1) is 31.0. The van der Waals surface area contributed by atoms with Crippen LogP contribution in [0.4, 0.5) is 0 Å². The maximum absolute atomic E-state index is 12.8. The molecule has 0 spiro atoms. The molecule has 6 nitrogen and oxygen atoms in total. The fourth-order valence-electron chi connectivity index (χ4n) is 7.94. The number of unbranched alkanes of at least 4 members (excludes halogenated alkanes) is 34. The molecule has 0 aliphatic rings. The topological polar surface area (TPSA) is 78.9 Å². The fraction of sp³-hybridized carbons (Fsp3) is 0.842. The lowest BCUT2D eigenvalue weighted by Crippen LogP contribution is -2.30. The lowest BCUT2D eigenvalue weighted by molar-refractivity contribution is -0.167. The summed E-state index contributed by atoms with van der Waals surface area (Å²) in [5.74, 6) is -0.905. The van der Waals surface area contributed by atoms with Gasteiger partial charge in [0.05, 0.1) is 0 Å². The lowest BCUT2D eigenvalue weighted by atomic mass is 10.0. The van der Waals surface area contributed by atoms with Crippen LogP contribution in [0.1, 0.15) is 290 Å². The van der Waals surface area contributed by atoms with E-state index >= 15 is 0 Å². The average Bonchev–Trinajstić information content (AvgIpc) is 3.28. The molecular weight excluding hydrogens is 781 g/mol. The summed E-state index contributed by atoms with van der Waals surface area (Å²) >= 11 is 0. The number of carbonyl (C=O) groups excluding carboxylic acids is 3. The molecule has 0 aromatic heterocycles. The average molecular weight is 885 g/mol. The molecule has 0 saturated heterocycles. The molecule has 0 aliphatic heterocycles. The fourth-order valence-corrected chi connectivity index (χ4v) is 7.94. The van der Waals surface area contributed by atoms with Gasteiger partial charge < -0.3 is 14.2 Å². The molecule has 0 amide bonds. The molecule has 0 heterocycles. The Morgan fingerprint density at radius 3 is 0.952 bits per heavy atom. The maximum Gasteiger partial charge on any atom is 0.306 e.